The van der Waals surface area contributed by atoms with Gasteiger partial charge in [0.15, 0.2) is 0 Å². The van der Waals surface area contributed by atoms with E-state index in [1.54, 1.807) is 4.90 Å². The smallest absolute Gasteiger partial charge is 0.407 e. The molecule has 0 saturated carbocycles. The number of nitrogens with zero attached hydrogens (tertiary/aromatic N) is 1. The molecule has 0 aromatic heterocycles. The summed E-state index contributed by atoms with van der Waals surface area (Å²) in [5.74, 6) is 0.325. The Kier molecular flexibility index (Phi) is 3.33. The highest BCUT2D eigenvalue weighted by atomic mass is 16.4. The van der Waals surface area contributed by atoms with E-state index in [0.717, 1.165) is 6.42 Å². The molecule has 0 radical (unpaired) electrons. The Morgan fingerprint density at radius 1 is 1.28 bits per heavy atom. The van der Waals surface area contributed by atoms with E-state index >= 15 is 0 Å². The monoisotopic (exact) mass is 247 g/mol. The van der Waals surface area contributed by atoms with Gasteiger partial charge in [-0.15, -0.1) is 0 Å². The molecular weight excluding hydrogens is 226 g/mol. The van der Waals surface area contributed by atoms with Gasteiger partial charge >= 0.3 is 6.09 Å². The summed E-state index contributed by atoms with van der Waals surface area (Å²) in [6.07, 6.45) is 0.119. The summed E-state index contributed by atoms with van der Waals surface area (Å²) in [5.41, 5.74) is 1.23. The highest BCUT2D eigenvalue weighted by molar-refractivity contribution is 5.66. The average Bonchev–Trinajstić information content (AvgIpc) is 2.74. The van der Waals surface area contributed by atoms with Crippen molar-refractivity contribution in [3.05, 3.63) is 35.9 Å². The molecule has 1 saturated heterocycles. The number of benzene rings is 1. The molecule has 0 spiro atoms. The van der Waals surface area contributed by atoms with E-state index in [4.69, 9.17) is 0 Å². The maximum Gasteiger partial charge on any atom is 0.407 e. The molecule has 1 heterocycles. The van der Waals surface area contributed by atoms with Gasteiger partial charge in [0.2, 0.25) is 0 Å². The standard InChI is InChI=1S/C15H21NO2/c1-15(2,3)13-9-12(10-16(13)14(17)18)11-7-5-4-6-8-11/h4-8,12-13H,9-10H2,1-3H3,(H,17,18). The van der Waals surface area contributed by atoms with Gasteiger partial charge in [0, 0.05) is 18.5 Å². The van der Waals surface area contributed by atoms with Crippen LogP contribution in [0.25, 0.3) is 0 Å². The zero-order valence-electron chi connectivity index (χ0n) is 11.3. The molecule has 1 aromatic carbocycles. The van der Waals surface area contributed by atoms with Gasteiger partial charge in [-0.05, 0) is 17.4 Å². The number of likely N-dealkylation sites (tertiary alicyclic amines) is 1. The first kappa shape index (κ1) is 12.9. The topological polar surface area (TPSA) is 40.5 Å². The van der Waals surface area contributed by atoms with Crippen LogP contribution in [0.5, 0.6) is 0 Å². The van der Waals surface area contributed by atoms with Gasteiger partial charge in [0.25, 0.3) is 0 Å². The van der Waals surface area contributed by atoms with Gasteiger partial charge < -0.3 is 10.0 Å². The summed E-state index contributed by atoms with van der Waals surface area (Å²) in [4.78, 5) is 13.0. The second kappa shape index (κ2) is 4.63. The molecule has 0 bridgehead atoms. The van der Waals surface area contributed by atoms with Crippen LogP contribution in [-0.2, 0) is 0 Å². The van der Waals surface area contributed by atoms with Crippen LogP contribution in [0.1, 0.15) is 38.7 Å². The lowest BCUT2D eigenvalue weighted by Crippen LogP contribution is -2.42. The lowest BCUT2D eigenvalue weighted by Gasteiger charge is -2.33. The van der Waals surface area contributed by atoms with Crippen LogP contribution >= 0.6 is 0 Å². The minimum Gasteiger partial charge on any atom is -0.465 e. The first-order valence-electron chi connectivity index (χ1n) is 6.44. The normalized spacial score (nSPS) is 24.3. The minimum atomic E-state index is -0.798. The summed E-state index contributed by atoms with van der Waals surface area (Å²) in [5, 5.41) is 9.34. The molecule has 1 aliphatic heterocycles. The van der Waals surface area contributed by atoms with Crippen molar-refractivity contribution in [2.24, 2.45) is 5.41 Å². The first-order valence-corrected chi connectivity index (χ1v) is 6.44. The van der Waals surface area contributed by atoms with Gasteiger partial charge in [-0.25, -0.2) is 4.79 Å². The maximum atomic E-state index is 11.4. The van der Waals surface area contributed by atoms with Crippen molar-refractivity contribution in [1.82, 2.24) is 4.90 Å². The fourth-order valence-electron chi connectivity index (χ4n) is 2.84. The van der Waals surface area contributed by atoms with E-state index in [-0.39, 0.29) is 11.5 Å². The third kappa shape index (κ3) is 2.50. The summed E-state index contributed by atoms with van der Waals surface area (Å²) in [7, 11) is 0. The van der Waals surface area contributed by atoms with Crippen LogP contribution in [0.3, 0.4) is 0 Å². The van der Waals surface area contributed by atoms with E-state index in [0.29, 0.717) is 12.5 Å². The first-order chi connectivity index (χ1) is 8.39. The Labute approximate surface area is 108 Å². The molecule has 1 aromatic rings. The largest absolute Gasteiger partial charge is 0.465 e. The molecular formula is C15H21NO2. The summed E-state index contributed by atoms with van der Waals surface area (Å²) >= 11 is 0. The third-order valence-electron chi connectivity index (χ3n) is 3.82. The van der Waals surface area contributed by atoms with Gasteiger partial charge in [-0.3, -0.25) is 0 Å². The Morgan fingerprint density at radius 3 is 2.33 bits per heavy atom. The van der Waals surface area contributed by atoms with Crippen LogP contribution in [0.15, 0.2) is 30.3 Å². The molecule has 1 aliphatic rings. The Balaban J connectivity index is 2.22. The number of carbonyl (C=O) groups is 1. The van der Waals surface area contributed by atoms with Gasteiger partial charge in [-0.2, -0.15) is 0 Å². The molecule has 0 aliphatic carbocycles. The summed E-state index contributed by atoms with van der Waals surface area (Å²) < 4.78 is 0. The molecule has 1 fully saturated rings. The predicted molar refractivity (Wildman–Crippen MR) is 71.8 cm³/mol. The molecule has 3 nitrogen and oxygen atoms in total. The second-order valence-corrected chi connectivity index (χ2v) is 6.16. The van der Waals surface area contributed by atoms with E-state index in [9.17, 15) is 9.90 Å². The van der Waals surface area contributed by atoms with Crippen molar-refractivity contribution >= 4 is 6.09 Å². The van der Waals surface area contributed by atoms with Crippen LogP contribution in [0.2, 0.25) is 0 Å². The van der Waals surface area contributed by atoms with Gasteiger partial charge in [0.05, 0.1) is 0 Å². The SMILES string of the molecule is CC(C)(C)C1CC(c2ccccc2)CN1C(=O)O. The second-order valence-electron chi connectivity index (χ2n) is 6.16. The summed E-state index contributed by atoms with van der Waals surface area (Å²) in [6, 6.07) is 10.3. The molecule has 3 heteroatoms. The van der Waals surface area contributed by atoms with Crippen molar-refractivity contribution in [2.75, 3.05) is 6.54 Å². The van der Waals surface area contributed by atoms with Crippen molar-refractivity contribution in [2.45, 2.75) is 39.2 Å². The number of carboxylic acid groups (broad SMARTS) is 1. The van der Waals surface area contributed by atoms with Crippen LogP contribution in [0, 0.1) is 5.41 Å². The lowest BCUT2D eigenvalue weighted by molar-refractivity contribution is 0.106. The van der Waals surface area contributed by atoms with E-state index in [1.807, 2.05) is 18.2 Å². The number of hydrogen-bond donors (Lipinski definition) is 1. The van der Waals surface area contributed by atoms with Crippen molar-refractivity contribution in [1.29, 1.82) is 0 Å². The molecule has 98 valence electrons. The number of rotatable bonds is 1. The van der Waals surface area contributed by atoms with E-state index < -0.39 is 6.09 Å². The fourth-order valence-corrected chi connectivity index (χ4v) is 2.84. The minimum absolute atomic E-state index is 0.0120. The quantitative estimate of drug-likeness (QED) is 0.824. The number of hydrogen-bond acceptors (Lipinski definition) is 1. The Bertz CT molecular complexity index is 422. The summed E-state index contributed by atoms with van der Waals surface area (Å²) in [6.45, 7) is 6.95. The highest BCUT2D eigenvalue weighted by Crippen LogP contribution is 2.39. The molecule has 2 unspecified atom stereocenters. The van der Waals surface area contributed by atoms with Crippen molar-refractivity contribution in [3.63, 3.8) is 0 Å². The lowest BCUT2D eigenvalue weighted by atomic mass is 9.82. The molecule has 1 amide bonds. The van der Waals surface area contributed by atoms with Crippen LogP contribution in [0.4, 0.5) is 4.79 Å². The average molecular weight is 247 g/mol. The van der Waals surface area contributed by atoms with Crippen molar-refractivity contribution in [3.8, 4) is 0 Å². The third-order valence-corrected chi connectivity index (χ3v) is 3.82. The predicted octanol–water partition coefficient (Wildman–Crippen LogP) is 3.57. The van der Waals surface area contributed by atoms with Gasteiger partial charge in [0.1, 0.15) is 0 Å². The maximum absolute atomic E-state index is 11.4. The van der Waals surface area contributed by atoms with E-state index in [2.05, 4.69) is 32.9 Å². The Morgan fingerprint density at radius 2 is 1.89 bits per heavy atom. The van der Waals surface area contributed by atoms with Crippen LogP contribution in [-0.4, -0.2) is 28.7 Å². The fraction of sp³-hybridized carbons (Fsp3) is 0.533. The Hall–Kier alpha value is -1.51. The number of amides is 1. The zero-order valence-corrected chi connectivity index (χ0v) is 11.3. The molecule has 2 rings (SSSR count). The van der Waals surface area contributed by atoms with Gasteiger partial charge in [-0.1, -0.05) is 51.1 Å². The zero-order chi connectivity index (χ0) is 13.3. The molecule has 2 atom stereocenters. The van der Waals surface area contributed by atoms with E-state index in [1.165, 1.54) is 5.56 Å². The van der Waals surface area contributed by atoms with Crippen LogP contribution < -0.4 is 0 Å². The van der Waals surface area contributed by atoms with Crippen molar-refractivity contribution < 1.29 is 9.90 Å². The highest BCUT2D eigenvalue weighted by Gasteiger charge is 2.41. The molecule has 1 N–H and O–H groups in total. The molecule has 18 heavy (non-hydrogen) atoms.